The number of ether oxygens (including phenoxy) is 1. The Labute approximate surface area is 146 Å². The maximum absolute atomic E-state index is 9.36. The predicted octanol–water partition coefficient (Wildman–Crippen LogP) is 1.75. The molecule has 1 heterocycles. The molecule has 1 aromatic heterocycles. The third-order valence-electron chi connectivity index (χ3n) is 4.08. The summed E-state index contributed by atoms with van der Waals surface area (Å²) in [5.74, 6) is 0.789. The van der Waals surface area contributed by atoms with Gasteiger partial charge in [0.2, 0.25) is 0 Å². The number of hydrogen-bond acceptors (Lipinski definition) is 6. The van der Waals surface area contributed by atoms with Crippen LogP contribution in [0.1, 0.15) is 0 Å². The highest BCUT2D eigenvalue weighted by Gasteiger charge is 2.10. The lowest BCUT2D eigenvalue weighted by atomic mass is 10.1. The van der Waals surface area contributed by atoms with Crippen LogP contribution >= 0.6 is 0 Å². The summed E-state index contributed by atoms with van der Waals surface area (Å²) in [6, 6.07) is 13.9. The number of aliphatic hydroxyl groups excluding tert-OH is 2. The van der Waals surface area contributed by atoms with E-state index in [0.29, 0.717) is 19.6 Å². The summed E-state index contributed by atoms with van der Waals surface area (Å²) in [7, 11) is 1.65. The highest BCUT2D eigenvalue weighted by atomic mass is 16.5. The Kier molecular flexibility index (Phi) is 5.65. The second kappa shape index (κ2) is 8.11. The first-order valence-electron chi connectivity index (χ1n) is 8.33. The second-order valence-electron chi connectivity index (χ2n) is 5.85. The summed E-state index contributed by atoms with van der Waals surface area (Å²) >= 11 is 0. The normalized spacial score (nSPS) is 12.4. The van der Waals surface area contributed by atoms with Crippen molar-refractivity contribution >= 4 is 27.5 Å². The molecular weight excluding hydrogens is 318 g/mol. The molecule has 3 rings (SSSR count). The standard InChI is InChI=1S/C19H23N3O3/c1-25-14-6-7-18-16(10-14)19(15-4-2-3-5-17(15)22-18)21-9-8-20-11-13(24)12-23/h2-7,10,13,20,23-24H,8-9,11-12H2,1H3,(H,21,22)/t13-/m1/s1. The van der Waals surface area contributed by atoms with Gasteiger partial charge in [0.05, 0.1) is 36.5 Å². The van der Waals surface area contributed by atoms with Crippen molar-refractivity contribution < 1.29 is 14.9 Å². The summed E-state index contributed by atoms with van der Waals surface area (Å²) in [6.45, 7) is 1.47. The molecule has 0 spiro atoms. The van der Waals surface area contributed by atoms with E-state index < -0.39 is 6.10 Å². The number of pyridine rings is 1. The van der Waals surface area contributed by atoms with Gasteiger partial charge in [0, 0.05) is 30.4 Å². The van der Waals surface area contributed by atoms with Crippen LogP contribution in [-0.2, 0) is 0 Å². The van der Waals surface area contributed by atoms with E-state index in [4.69, 9.17) is 14.8 Å². The summed E-state index contributed by atoms with van der Waals surface area (Å²) in [4.78, 5) is 4.72. The highest BCUT2D eigenvalue weighted by Crippen LogP contribution is 2.32. The SMILES string of the molecule is COc1ccc2nc3ccccc3c(NCCNC[C@@H](O)CO)c2c1. The van der Waals surface area contributed by atoms with Crippen LogP contribution in [0.15, 0.2) is 42.5 Å². The third-order valence-corrected chi connectivity index (χ3v) is 4.08. The number of rotatable bonds is 8. The van der Waals surface area contributed by atoms with Crippen LogP contribution in [0, 0.1) is 0 Å². The number of hydrogen-bond donors (Lipinski definition) is 4. The van der Waals surface area contributed by atoms with Gasteiger partial charge in [-0.1, -0.05) is 18.2 Å². The predicted molar refractivity (Wildman–Crippen MR) is 100 cm³/mol. The largest absolute Gasteiger partial charge is 0.497 e. The van der Waals surface area contributed by atoms with Crippen molar-refractivity contribution in [1.82, 2.24) is 10.3 Å². The van der Waals surface area contributed by atoms with E-state index in [2.05, 4.69) is 10.6 Å². The first kappa shape index (κ1) is 17.4. The average Bonchev–Trinajstić information content (AvgIpc) is 2.66. The highest BCUT2D eigenvalue weighted by molar-refractivity contribution is 6.07. The number of anilines is 1. The number of fused-ring (bicyclic) bond motifs is 2. The van der Waals surface area contributed by atoms with E-state index in [1.165, 1.54) is 0 Å². The van der Waals surface area contributed by atoms with Gasteiger partial charge in [0.15, 0.2) is 0 Å². The summed E-state index contributed by atoms with van der Waals surface area (Å²) in [5, 5.41) is 26.8. The van der Waals surface area contributed by atoms with E-state index in [1.54, 1.807) is 7.11 Å². The number of aliphatic hydroxyl groups is 2. The molecule has 0 bridgehead atoms. The molecule has 25 heavy (non-hydrogen) atoms. The number of nitrogens with zero attached hydrogens (tertiary/aromatic N) is 1. The molecule has 2 aromatic carbocycles. The van der Waals surface area contributed by atoms with Gasteiger partial charge in [-0.15, -0.1) is 0 Å². The lowest BCUT2D eigenvalue weighted by molar-refractivity contribution is 0.0949. The van der Waals surface area contributed by atoms with Gasteiger partial charge in [-0.25, -0.2) is 4.98 Å². The van der Waals surface area contributed by atoms with Crippen molar-refractivity contribution in [2.45, 2.75) is 6.10 Å². The van der Waals surface area contributed by atoms with Gasteiger partial charge >= 0.3 is 0 Å². The quantitative estimate of drug-likeness (QED) is 0.369. The second-order valence-corrected chi connectivity index (χ2v) is 5.85. The van der Waals surface area contributed by atoms with Crippen LogP contribution < -0.4 is 15.4 Å². The lowest BCUT2D eigenvalue weighted by Crippen LogP contribution is -2.32. The minimum absolute atomic E-state index is 0.236. The minimum atomic E-state index is -0.730. The first-order chi connectivity index (χ1) is 12.2. The van der Waals surface area contributed by atoms with Crippen molar-refractivity contribution in [3.05, 3.63) is 42.5 Å². The zero-order valence-electron chi connectivity index (χ0n) is 14.2. The molecule has 0 aliphatic heterocycles. The van der Waals surface area contributed by atoms with E-state index in [0.717, 1.165) is 33.2 Å². The average molecular weight is 341 g/mol. The number of aromatic nitrogens is 1. The fraction of sp³-hybridized carbons (Fsp3) is 0.316. The maximum Gasteiger partial charge on any atom is 0.119 e. The van der Waals surface area contributed by atoms with E-state index in [9.17, 15) is 5.11 Å². The van der Waals surface area contributed by atoms with Crippen molar-refractivity contribution in [2.75, 3.05) is 38.7 Å². The maximum atomic E-state index is 9.36. The summed E-state index contributed by atoms with van der Waals surface area (Å²) in [6.07, 6.45) is -0.730. The van der Waals surface area contributed by atoms with Gasteiger partial charge in [-0.05, 0) is 24.3 Å². The molecule has 0 aliphatic rings. The van der Waals surface area contributed by atoms with Crippen LogP contribution in [0.5, 0.6) is 5.75 Å². The van der Waals surface area contributed by atoms with Crippen LogP contribution in [0.2, 0.25) is 0 Å². The molecule has 0 amide bonds. The lowest BCUT2D eigenvalue weighted by Gasteiger charge is -2.15. The van der Waals surface area contributed by atoms with Crippen LogP contribution in [0.3, 0.4) is 0 Å². The van der Waals surface area contributed by atoms with Crippen molar-refractivity contribution in [1.29, 1.82) is 0 Å². The number of methoxy groups -OCH3 is 1. The Hall–Kier alpha value is -2.41. The van der Waals surface area contributed by atoms with E-state index in [-0.39, 0.29) is 6.61 Å². The fourth-order valence-corrected chi connectivity index (χ4v) is 2.80. The van der Waals surface area contributed by atoms with E-state index >= 15 is 0 Å². The van der Waals surface area contributed by atoms with Gasteiger partial charge < -0.3 is 25.6 Å². The number of para-hydroxylation sites is 1. The van der Waals surface area contributed by atoms with Gasteiger partial charge in [0.25, 0.3) is 0 Å². The molecular formula is C19H23N3O3. The molecule has 0 aliphatic carbocycles. The molecule has 6 nitrogen and oxygen atoms in total. The Morgan fingerprint density at radius 3 is 2.68 bits per heavy atom. The number of benzene rings is 2. The molecule has 6 heteroatoms. The topological polar surface area (TPSA) is 86.6 Å². The third kappa shape index (κ3) is 3.99. The fourth-order valence-electron chi connectivity index (χ4n) is 2.80. The summed E-state index contributed by atoms with van der Waals surface area (Å²) < 4.78 is 5.35. The van der Waals surface area contributed by atoms with Crippen LogP contribution in [-0.4, -0.2) is 54.7 Å². The Balaban J connectivity index is 1.87. The first-order valence-corrected chi connectivity index (χ1v) is 8.33. The number of nitrogens with one attached hydrogen (secondary N) is 2. The molecule has 1 atom stereocenters. The van der Waals surface area contributed by atoms with Gasteiger partial charge in [-0.2, -0.15) is 0 Å². The molecule has 132 valence electrons. The Morgan fingerprint density at radius 1 is 1.08 bits per heavy atom. The molecule has 3 aromatic rings. The Bertz CT molecular complexity index is 854. The Morgan fingerprint density at radius 2 is 1.88 bits per heavy atom. The smallest absolute Gasteiger partial charge is 0.119 e. The zero-order chi connectivity index (χ0) is 17.6. The molecule has 0 saturated carbocycles. The minimum Gasteiger partial charge on any atom is -0.497 e. The molecule has 0 radical (unpaired) electrons. The van der Waals surface area contributed by atoms with Crippen molar-refractivity contribution in [2.24, 2.45) is 0 Å². The van der Waals surface area contributed by atoms with Crippen LogP contribution in [0.4, 0.5) is 5.69 Å². The van der Waals surface area contributed by atoms with Crippen LogP contribution in [0.25, 0.3) is 21.8 Å². The molecule has 0 fully saturated rings. The monoisotopic (exact) mass is 341 g/mol. The molecule has 4 N–H and O–H groups in total. The van der Waals surface area contributed by atoms with E-state index in [1.807, 2.05) is 42.5 Å². The van der Waals surface area contributed by atoms with Gasteiger partial charge in [0.1, 0.15) is 5.75 Å². The molecule has 0 unspecified atom stereocenters. The van der Waals surface area contributed by atoms with Gasteiger partial charge in [-0.3, -0.25) is 0 Å². The molecule has 0 saturated heterocycles. The summed E-state index contributed by atoms with van der Waals surface area (Å²) in [5.41, 5.74) is 2.86. The van der Waals surface area contributed by atoms with Crippen molar-refractivity contribution in [3.63, 3.8) is 0 Å². The van der Waals surface area contributed by atoms with Crippen molar-refractivity contribution in [3.8, 4) is 5.75 Å². The zero-order valence-corrected chi connectivity index (χ0v) is 14.2.